The van der Waals surface area contributed by atoms with Crippen molar-refractivity contribution in [3.05, 3.63) is 50.4 Å². The van der Waals surface area contributed by atoms with Crippen LogP contribution in [0.15, 0.2) is 34.8 Å². The third-order valence-corrected chi connectivity index (χ3v) is 3.67. The first-order chi connectivity index (χ1) is 9.38. The molecule has 0 aliphatic rings. The summed E-state index contributed by atoms with van der Waals surface area (Å²) in [6.07, 6.45) is 0. The molecule has 0 atom stereocenters. The summed E-state index contributed by atoms with van der Waals surface area (Å²) in [5.74, 6) is -0.630. The van der Waals surface area contributed by atoms with Crippen LogP contribution in [0.2, 0.25) is 10.0 Å². The monoisotopic (exact) mass is 373 g/mol. The fourth-order valence-corrected chi connectivity index (χ4v) is 2.67. The van der Waals surface area contributed by atoms with Crippen molar-refractivity contribution in [3.63, 3.8) is 0 Å². The molecule has 0 aliphatic carbocycles. The van der Waals surface area contributed by atoms with E-state index < -0.39 is 5.91 Å². The molecule has 5 N–H and O–H groups in total. The Morgan fingerprint density at radius 3 is 2.45 bits per heavy atom. The molecule has 1 amide bonds. The van der Waals surface area contributed by atoms with E-state index in [4.69, 9.17) is 34.7 Å². The van der Waals surface area contributed by atoms with E-state index in [9.17, 15) is 4.79 Å². The first-order valence-corrected chi connectivity index (χ1v) is 7.04. The number of benzene rings is 2. The van der Waals surface area contributed by atoms with Gasteiger partial charge in [0.2, 0.25) is 0 Å². The number of rotatable bonds is 3. The average molecular weight is 375 g/mol. The summed E-state index contributed by atoms with van der Waals surface area (Å²) < 4.78 is 0.839. The molecule has 2 rings (SSSR count). The van der Waals surface area contributed by atoms with Crippen LogP contribution in [0.4, 0.5) is 17.1 Å². The molecule has 20 heavy (non-hydrogen) atoms. The van der Waals surface area contributed by atoms with Crippen molar-refractivity contribution in [1.29, 1.82) is 0 Å². The quantitative estimate of drug-likeness (QED) is 0.705. The lowest BCUT2D eigenvalue weighted by molar-refractivity contribution is 0.100. The smallest absolute Gasteiger partial charge is 0.250 e. The van der Waals surface area contributed by atoms with E-state index in [1.807, 2.05) is 6.07 Å². The minimum Gasteiger partial charge on any atom is -0.399 e. The van der Waals surface area contributed by atoms with E-state index in [0.717, 1.165) is 4.47 Å². The SMILES string of the molecule is NC(=O)c1cc(N)cc(Cl)c1Nc1ccc(Br)cc1Cl. The molecule has 2 aromatic rings. The van der Waals surface area contributed by atoms with Gasteiger partial charge in [0.15, 0.2) is 0 Å². The highest BCUT2D eigenvalue weighted by molar-refractivity contribution is 9.10. The molecular weight excluding hydrogens is 365 g/mol. The Kier molecular flexibility index (Phi) is 4.42. The Morgan fingerprint density at radius 2 is 1.85 bits per heavy atom. The molecule has 104 valence electrons. The number of anilines is 3. The number of amides is 1. The zero-order valence-corrected chi connectivity index (χ0v) is 13.2. The fourth-order valence-electron chi connectivity index (χ4n) is 1.67. The Balaban J connectivity index is 2.50. The van der Waals surface area contributed by atoms with Crippen molar-refractivity contribution in [3.8, 4) is 0 Å². The summed E-state index contributed by atoms with van der Waals surface area (Å²) in [6.45, 7) is 0. The van der Waals surface area contributed by atoms with E-state index >= 15 is 0 Å². The number of nitrogens with two attached hydrogens (primary N) is 2. The molecule has 4 nitrogen and oxygen atoms in total. The second-order valence-electron chi connectivity index (χ2n) is 4.04. The highest BCUT2D eigenvalue weighted by Gasteiger charge is 2.14. The Hall–Kier alpha value is -1.43. The van der Waals surface area contributed by atoms with Crippen molar-refractivity contribution in [1.82, 2.24) is 0 Å². The van der Waals surface area contributed by atoms with Crippen molar-refractivity contribution >= 4 is 62.1 Å². The molecule has 0 radical (unpaired) electrons. The van der Waals surface area contributed by atoms with Crippen LogP contribution in [0.1, 0.15) is 10.4 Å². The molecule has 7 heteroatoms. The van der Waals surface area contributed by atoms with Crippen LogP contribution in [-0.4, -0.2) is 5.91 Å². The predicted molar refractivity (Wildman–Crippen MR) is 86.8 cm³/mol. The van der Waals surface area contributed by atoms with Crippen LogP contribution in [0.25, 0.3) is 0 Å². The summed E-state index contributed by atoms with van der Waals surface area (Å²) in [5.41, 5.74) is 12.5. The Morgan fingerprint density at radius 1 is 1.15 bits per heavy atom. The normalized spacial score (nSPS) is 10.3. The minimum absolute atomic E-state index is 0.203. The van der Waals surface area contributed by atoms with E-state index in [1.165, 1.54) is 12.1 Å². The topological polar surface area (TPSA) is 81.1 Å². The third-order valence-electron chi connectivity index (χ3n) is 2.57. The van der Waals surface area contributed by atoms with Crippen LogP contribution < -0.4 is 16.8 Å². The number of halogens is 3. The summed E-state index contributed by atoms with van der Waals surface area (Å²) >= 11 is 15.5. The van der Waals surface area contributed by atoms with Gasteiger partial charge in [-0.1, -0.05) is 39.1 Å². The summed E-state index contributed by atoms with van der Waals surface area (Å²) in [6, 6.07) is 8.28. The van der Waals surface area contributed by atoms with Gasteiger partial charge in [0.25, 0.3) is 5.91 Å². The van der Waals surface area contributed by atoms with Crippen LogP contribution in [-0.2, 0) is 0 Å². The van der Waals surface area contributed by atoms with Crippen LogP contribution in [0.3, 0.4) is 0 Å². The zero-order chi connectivity index (χ0) is 14.9. The van der Waals surface area contributed by atoms with Gasteiger partial charge in [-0.3, -0.25) is 4.79 Å². The molecule has 0 heterocycles. The molecule has 0 aromatic heterocycles. The molecule has 0 aliphatic heterocycles. The maximum absolute atomic E-state index is 11.5. The van der Waals surface area contributed by atoms with Gasteiger partial charge in [-0.2, -0.15) is 0 Å². The maximum atomic E-state index is 11.5. The lowest BCUT2D eigenvalue weighted by Crippen LogP contribution is -2.14. The summed E-state index contributed by atoms with van der Waals surface area (Å²) in [7, 11) is 0. The highest BCUT2D eigenvalue weighted by atomic mass is 79.9. The maximum Gasteiger partial charge on any atom is 0.250 e. The third kappa shape index (κ3) is 3.17. The van der Waals surface area contributed by atoms with Gasteiger partial charge < -0.3 is 16.8 Å². The Labute approximate surface area is 134 Å². The van der Waals surface area contributed by atoms with Crippen LogP contribution in [0, 0.1) is 0 Å². The first-order valence-electron chi connectivity index (χ1n) is 5.49. The van der Waals surface area contributed by atoms with Gasteiger partial charge in [0.1, 0.15) is 0 Å². The molecule has 0 saturated heterocycles. The minimum atomic E-state index is -0.630. The number of carbonyl (C=O) groups excluding carboxylic acids is 1. The first kappa shape index (κ1) is 15.0. The number of carbonyl (C=O) groups is 1. The molecule has 2 aromatic carbocycles. The molecule has 0 bridgehead atoms. The lowest BCUT2D eigenvalue weighted by atomic mass is 10.1. The van der Waals surface area contributed by atoms with Gasteiger partial charge in [0.05, 0.1) is 27.0 Å². The number of hydrogen-bond acceptors (Lipinski definition) is 3. The molecular formula is C13H10BrCl2N3O. The van der Waals surface area contributed by atoms with Crippen LogP contribution >= 0.6 is 39.1 Å². The summed E-state index contributed by atoms with van der Waals surface area (Å²) in [4.78, 5) is 11.5. The Bertz CT molecular complexity index is 692. The van der Waals surface area contributed by atoms with Gasteiger partial charge in [-0.15, -0.1) is 0 Å². The van der Waals surface area contributed by atoms with Crippen molar-refractivity contribution in [2.24, 2.45) is 5.73 Å². The number of nitrogen functional groups attached to an aromatic ring is 1. The summed E-state index contributed by atoms with van der Waals surface area (Å²) in [5, 5.41) is 3.77. The molecule has 0 fully saturated rings. The van der Waals surface area contributed by atoms with E-state index in [1.54, 1.807) is 12.1 Å². The fraction of sp³-hybridized carbons (Fsp3) is 0. The van der Waals surface area contributed by atoms with Gasteiger partial charge in [-0.25, -0.2) is 0 Å². The average Bonchev–Trinajstić information content (AvgIpc) is 2.34. The van der Waals surface area contributed by atoms with E-state index in [0.29, 0.717) is 22.1 Å². The second kappa shape index (κ2) is 5.91. The number of nitrogens with one attached hydrogen (secondary N) is 1. The van der Waals surface area contributed by atoms with Crippen molar-refractivity contribution in [2.45, 2.75) is 0 Å². The van der Waals surface area contributed by atoms with Gasteiger partial charge >= 0.3 is 0 Å². The van der Waals surface area contributed by atoms with Crippen molar-refractivity contribution in [2.75, 3.05) is 11.1 Å². The zero-order valence-electron chi connectivity index (χ0n) is 10.1. The van der Waals surface area contributed by atoms with Crippen LogP contribution in [0.5, 0.6) is 0 Å². The molecule has 0 saturated carbocycles. The lowest BCUT2D eigenvalue weighted by Gasteiger charge is -2.14. The van der Waals surface area contributed by atoms with Crippen molar-refractivity contribution < 1.29 is 4.79 Å². The van der Waals surface area contributed by atoms with Gasteiger partial charge in [0, 0.05) is 10.2 Å². The predicted octanol–water partition coefficient (Wildman–Crippen LogP) is 4.18. The number of hydrogen-bond donors (Lipinski definition) is 3. The standard InChI is InChI=1S/C13H10BrCl2N3O/c14-6-1-2-11(9(15)3-6)19-12-8(13(18)20)4-7(17)5-10(12)16/h1-5,19H,17H2,(H2,18,20). The molecule has 0 unspecified atom stereocenters. The largest absolute Gasteiger partial charge is 0.399 e. The number of primary amides is 1. The van der Waals surface area contributed by atoms with E-state index in [2.05, 4.69) is 21.2 Å². The highest BCUT2D eigenvalue weighted by Crippen LogP contribution is 2.34. The second-order valence-corrected chi connectivity index (χ2v) is 5.77. The molecule has 0 spiro atoms. The van der Waals surface area contributed by atoms with E-state index in [-0.39, 0.29) is 10.6 Å². The van der Waals surface area contributed by atoms with Gasteiger partial charge in [-0.05, 0) is 30.3 Å².